The lowest BCUT2D eigenvalue weighted by Gasteiger charge is -2.07. The number of hydrogen-bond acceptors (Lipinski definition) is 4. The normalized spacial score (nSPS) is 11.1. The van der Waals surface area contributed by atoms with E-state index in [1.807, 2.05) is 43.3 Å². The number of carbonyl (C=O) groups is 1. The number of hydrogen-bond donors (Lipinski definition) is 2. The smallest absolute Gasteiger partial charge is 0.261 e. The van der Waals surface area contributed by atoms with Crippen molar-refractivity contribution < 1.29 is 4.79 Å². The first-order chi connectivity index (χ1) is 12.6. The maximum atomic E-state index is 12.5. The fourth-order valence-corrected chi connectivity index (χ4v) is 2.93. The molecule has 4 aromatic rings. The maximum Gasteiger partial charge on any atom is 0.261 e. The van der Waals surface area contributed by atoms with Gasteiger partial charge in [0.15, 0.2) is 0 Å². The van der Waals surface area contributed by atoms with Crippen LogP contribution in [0.5, 0.6) is 0 Å². The van der Waals surface area contributed by atoms with Crippen LogP contribution in [-0.4, -0.2) is 25.4 Å². The van der Waals surface area contributed by atoms with Gasteiger partial charge in [-0.25, -0.2) is 9.97 Å². The molecular weight excluding hydrogens is 330 g/mol. The summed E-state index contributed by atoms with van der Waals surface area (Å²) in [6.45, 7) is 2.17. The number of benzene rings is 2. The fraction of sp³-hybridized carbons (Fsp3) is 0.158. The quantitative estimate of drug-likeness (QED) is 0.593. The molecule has 2 heterocycles. The predicted molar refractivity (Wildman–Crippen MR) is 100 cm³/mol. The minimum Gasteiger partial charge on any atom is -0.324 e. The number of nitrogens with zero attached hydrogens (tertiary/aromatic N) is 3. The first-order valence-corrected chi connectivity index (χ1v) is 8.31. The molecular formula is C19H17N5O2. The van der Waals surface area contributed by atoms with E-state index in [9.17, 15) is 9.59 Å². The van der Waals surface area contributed by atoms with Crippen LogP contribution >= 0.6 is 0 Å². The molecule has 0 aliphatic heterocycles. The Kier molecular flexibility index (Phi) is 3.96. The minimum absolute atomic E-state index is 0.143. The van der Waals surface area contributed by atoms with Gasteiger partial charge < -0.3 is 4.98 Å². The molecule has 2 aromatic heterocycles. The van der Waals surface area contributed by atoms with Gasteiger partial charge in [-0.1, -0.05) is 24.3 Å². The third kappa shape index (κ3) is 2.95. The van der Waals surface area contributed by atoms with Crippen LogP contribution in [0.4, 0.5) is 5.95 Å². The number of imidazole rings is 1. The second-order valence-electron chi connectivity index (χ2n) is 6.11. The molecule has 0 fully saturated rings. The Morgan fingerprint density at radius 1 is 1.19 bits per heavy atom. The summed E-state index contributed by atoms with van der Waals surface area (Å²) in [5.74, 6) is 0.177. The van der Waals surface area contributed by atoms with Crippen molar-refractivity contribution in [1.29, 1.82) is 0 Å². The average molecular weight is 347 g/mol. The molecule has 7 nitrogen and oxygen atoms in total. The monoisotopic (exact) mass is 347 g/mol. The highest BCUT2D eigenvalue weighted by molar-refractivity contribution is 5.91. The van der Waals surface area contributed by atoms with Gasteiger partial charge in [0.05, 0.1) is 28.3 Å². The Hall–Kier alpha value is -3.48. The topological polar surface area (TPSA) is 92.7 Å². The van der Waals surface area contributed by atoms with Crippen LogP contribution in [0.3, 0.4) is 0 Å². The number of rotatable bonds is 4. The summed E-state index contributed by atoms with van der Waals surface area (Å²) in [5.41, 5.74) is 3.14. The number of carbonyl (C=O) groups excluding carboxylic acids is 1. The zero-order valence-corrected chi connectivity index (χ0v) is 14.2. The lowest BCUT2D eigenvalue weighted by Crippen LogP contribution is -2.24. The van der Waals surface area contributed by atoms with E-state index in [0.717, 1.165) is 16.6 Å². The molecule has 4 rings (SSSR count). The molecule has 0 bridgehead atoms. The van der Waals surface area contributed by atoms with Crippen molar-refractivity contribution in [3.8, 4) is 0 Å². The molecule has 0 atom stereocenters. The van der Waals surface area contributed by atoms with Gasteiger partial charge in [0.2, 0.25) is 11.9 Å². The molecule has 130 valence electrons. The van der Waals surface area contributed by atoms with E-state index in [1.165, 1.54) is 10.9 Å². The highest BCUT2D eigenvalue weighted by atomic mass is 16.2. The standard InChI is InChI=1S/C19H17N5O2/c1-12-5-4-6-13-17(12)20-11-24(18(13)26)10-9-16(25)23-19-21-14-7-2-3-8-15(14)22-19/h2-8,11H,9-10H2,1H3,(H2,21,22,23,25). The molecule has 0 spiro atoms. The van der Waals surface area contributed by atoms with E-state index >= 15 is 0 Å². The summed E-state index contributed by atoms with van der Waals surface area (Å²) in [4.78, 5) is 36.4. The second-order valence-corrected chi connectivity index (χ2v) is 6.11. The van der Waals surface area contributed by atoms with E-state index < -0.39 is 0 Å². The number of aromatic nitrogens is 4. The van der Waals surface area contributed by atoms with Crippen molar-refractivity contribution >= 4 is 33.8 Å². The number of anilines is 1. The van der Waals surface area contributed by atoms with Gasteiger partial charge in [-0.05, 0) is 30.7 Å². The van der Waals surface area contributed by atoms with Crippen LogP contribution in [0.1, 0.15) is 12.0 Å². The zero-order chi connectivity index (χ0) is 18.1. The van der Waals surface area contributed by atoms with E-state index in [4.69, 9.17) is 0 Å². The Morgan fingerprint density at radius 3 is 2.88 bits per heavy atom. The molecule has 2 N–H and O–H groups in total. The fourth-order valence-electron chi connectivity index (χ4n) is 2.93. The zero-order valence-electron chi connectivity index (χ0n) is 14.2. The van der Waals surface area contributed by atoms with Gasteiger partial charge >= 0.3 is 0 Å². The number of fused-ring (bicyclic) bond motifs is 2. The Morgan fingerprint density at radius 2 is 2.04 bits per heavy atom. The van der Waals surface area contributed by atoms with Crippen molar-refractivity contribution in [2.24, 2.45) is 0 Å². The molecule has 0 radical (unpaired) electrons. The molecule has 1 amide bonds. The van der Waals surface area contributed by atoms with E-state index in [1.54, 1.807) is 6.07 Å². The molecule has 0 unspecified atom stereocenters. The summed E-state index contributed by atoms with van der Waals surface area (Å²) in [6.07, 6.45) is 1.64. The number of H-pyrrole nitrogens is 1. The van der Waals surface area contributed by atoms with E-state index in [-0.39, 0.29) is 24.4 Å². The lowest BCUT2D eigenvalue weighted by molar-refractivity contribution is -0.116. The second kappa shape index (κ2) is 6.44. The van der Waals surface area contributed by atoms with Gasteiger partial charge in [-0.15, -0.1) is 0 Å². The summed E-state index contributed by atoms with van der Waals surface area (Å²) >= 11 is 0. The molecule has 0 aliphatic rings. The number of amides is 1. The summed E-state index contributed by atoms with van der Waals surface area (Å²) in [6, 6.07) is 13.0. The van der Waals surface area contributed by atoms with Crippen LogP contribution in [0.25, 0.3) is 21.9 Å². The highest BCUT2D eigenvalue weighted by Gasteiger charge is 2.09. The van der Waals surface area contributed by atoms with E-state index in [2.05, 4.69) is 20.3 Å². The van der Waals surface area contributed by atoms with Gasteiger partial charge in [0, 0.05) is 13.0 Å². The SMILES string of the molecule is Cc1cccc2c(=O)n(CCC(=O)Nc3nc4ccccc4[nH]3)cnc12. The number of aryl methyl sites for hydroxylation is 2. The molecule has 0 saturated carbocycles. The van der Waals surface area contributed by atoms with Crippen molar-refractivity contribution in [1.82, 2.24) is 19.5 Å². The van der Waals surface area contributed by atoms with Crippen LogP contribution in [0, 0.1) is 6.92 Å². The van der Waals surface area contributed by atoms with Crippen molar-refractivity contribution in [2.45, 2.75) is 19.9 Å². The Labute approximate surface area is 148 Å². The molecule has 2 aromatic carbocycles. The van der Waals surface area contributed by atoms with Crippen LogP contribution in [0.2, 0.25) is 0 Å². The molecule has 26 heavy (non-hydrogen) atoms. The number of nitrogens with one attached hydrogen (secondary N) is 2. The summed E-state index contributed by atoms with van der Waals surface area (Å²) in [5, 5.41) is 3.29. The van der Waals surface area contributed by atoms with Crippen molar-refractivity contribution in [3.63, 3.8) is 0 Å². The van der Waals surface area contributed by atoms with Crippen LogP contribution in [-0.2, 0) is 11.3 Å². The highest BCUT2D eigenvalue weighted by Crippen LogP contribution is 2.14. The number of para-hydroxylation sites is 3. The Balaban J connectivity index is 1.48. The Bertz CT molecular complexity index is 1140. The van der Waals surface area contributed by atoms with E-state index in [0.29, 0.717) is 16.9 Å². The summed E-state index contributed by atoms with van der Waals surface area (Å²) in [7, 11) is 0. The van der Waals surface area contributed by atoms with Gasteiger partial charge in [0.1, 0.15) is 0 Å². The minimum atomic E-state index is -0.222. The third-order valence-electron chi connectivity index (χ3n) is 4.28. The van der Waals surface area contributed by atoms with Gasteiger partial charge in [-0.3, -0.25) is 19.5 Å². The predicted octanol–water partition coefficient (Wildman–Crippen LogP) is 2.61. The maximum absolute atomic E-state index is 12.5. The third-order valence-corrected chi connectivity index (χ3v) is 4.28. The van der Waals surface area contributed by atoms with Crippen molar-refractivity contribution in [3.05, 3.63) is 64.7 Å². The molecule has 7 heteroatoms. The average Bonchev–Trinajstić information content (AvgIpc) is 3.04. The van der Waals surface area contributed by atoms with Crippen molar-refractivity contribution in [2.75, 3.05) is 5.32 Å². The molecule has 0 aliphatic carbocycles. The van der Waals surface area contributed by atoms with Gasteiger partial charge in [-0.2, -0.15) is 0 Å². The van der Waals surface area contributed by atoms with Crippen LogP contribution in [0.15, 0.2) is 53.6 Å². The lowest BCUT2D eigenvalue weighted by atomic mass is 10.1. The number of aromatic amines is 1. The van der Waals surface area contributed by atoms with Crippen LogP contribution < -0.4 is 10.9 Å². The first kappa shape index (κ1) is 16.0. The summed E-state index contributed by atoms with van der Waals surface area (Å²) < 4.78 is 1.46. The first-order valence-electron chi connectivity index (χ1n) is 8.31. The van der Waals surface area contributed by atoms with Gasteiger partial charge in [0.25, 0.3) is 5.56 Å². The molecule has 0 saturated heterocycles. The largest absolute Gasteiger partial charge is 0.324 e.